The number of anilines is 1. The fraction of sp³-hybridized carbons (Fsp3) is 0.296. The number of hydrogen-bond acceptors (Lipinski definition) is 3. The summed E-state index contributed by atoms with van der Waals surface area (Å²) in [7, 11) is 1.69. The van der Waals surface area contributed by atoms with Gasteiger partial charge in [-0.25, -0.2) is 0 Å². The first kappa shape index (κ1) is 21.1. The fourth-order valence-corrected chi connectivity index (χ4v) is 4.24. The molecular formula is C27H30N2O2. The van der Waals surface area contributed by atoms with Gasteiger partial charge in [-0.2, -0.15) is 0 Å². The average Bonchev–Trinajstić information content (AvgIpc) is 2.82. The van der Waals surface area contributed by atoms with Crippen LogP contribution in [0.4, 0.5) is 5.69 Å². The van der Waals surface area contributed by atoms with E-state index in [2.05, 4.69) is 48.2 Å². The molecule has 0 unspecified atom stereocenters. The van der Waals surface area contributed by atoms with E-state index in [0.29, 0.717) is 0 Å². The van der Waals surface area contributed by atoms with Gasteiger partial charge in [0.15, 0.2) is 0 Å². The first-order valence-corrected chi connectivity index (χ1v) is 10.9. The molecule has 4 rings (SSSR count). The molecule has 3 aromatic rings. The molecule has 0 aromatic heterocycles. The molecule has 1 amide bonds. The number of carbonyl (C=O) groups is 1. The third-order valence-corrected chi connectivity index (χ3v) is 6.04. The van der Waals surface area contributed by atoms with Gasteiger partial charge in [-0.3, -0.25) is 9.69 Å². The zero-order valence-corrected chi connectivity index (χ0v) is 18.3. The average molecular weight is 415 g/mol. The molecule has 1 saturated heterocycles. The van der Waals surface area contributed by atoms with E-state index in [0.717, 1.165) is 49.5 Å². The summed E-state index contributed by atoms with van der Waals surface area (Å²) in [4.78, 5) is 17.9. The lowest BCUT2D eigenvalue weighted by Gasteiger charge is -2.38. The summed E-state index contributed by atoms with van der Waals surface area (Å²) in [6.45, 7) is 4.95. The quantitative estimate of drug-likeness (QED) is 0.548. The highest BCUT2D eigenvalue weighted by Gasteiger charge is 2.29. The van der Waals surface area contributed by atoms with Crippen molar-refractivity contribution in [1.29, 1.82) is 0 Å². The van der Waals surface area contributed by atoms with Gasteiger partial charge < -0.3 is 9.64 Å². The van der Waals surface area contributed by atoms with Crippen LogP contribution in [-0.2, 0) is 6.54 Å². The molecule has 0 atom stereocenters. The lowest BCUT2D eigenvalue weighted by atomic mass is 10.00. The van der Waals surface area contributed by atoms with Crippen molar-refractivity contribution in [1.82, 2.24) is 4.90 Å². The minimum atomic E-state index is 0.0815. The molecule has 1 aliphatic heterocycles. The first-order valence-electron chi connectivity index (χ1n) is 10.9. The van der Waals surface area contributed by atoms with Gasteiger partial charge in [-0.15, -0.1) is 0 Å². The number of methoxy groups -OCH3 is 1. The van der Waals surface area contributed by atoms with E-state index in [1.165, 1.54) is 11.1 Å². The van der Waals surface area contributed by atoms with E-state index in [9.17, 15) is 4.79 Å². The van der Waals surface area contributed by atoms with Crippen LogP contribution in [0, 0.1) is 6.92 Å². The van der Waals surface area contributed by atoms with Gasteiger partial charge in [0.25, 0.3) is 5.91 Å². The summed E-state index contributed by atoms with van der Waals surface area (Å²) in [5.41, 5.74) is 4.21. The fourth-order valence-electron chi connectivity index (χ4n) is 4.24. The Bertz CT molecular complexity index is 976. The standard InChI is InChI=1S/C27H30N2O2/c1-21-8-12-24(13-9-21)29(27(30)23-6-4-3-5-7-23)25-16-18-28(19-17-25)20-22-10-14-26(31-2)15-11-22/h3-15,25H,16-20H2,1-2H3. The number of rotatable bonds is 6. The van der Waals surface area contributed by atoms with Crippen LogP contribution >= 0.6 is 0 Å². The van der Waals surface area contributed by atoms with Gasteiger partial charge in [0.2, 0.25) is 0 Å². The molecular weight excluding hydrogens is 384 g/mol. The Kier molecular flexibility index (Phi) is 6.68. The molecule has 3 aromatic carbocycles. The second kappa shape index (κ2) is 9.80. The highest BCUT2D eigenvalue weighted by molar-refractivity contribution is 6.06. The highest BCUT2D eigenvalue weighted by Crippen LogP contribution is 2.27. The third-order valence-electron chi connectivity index (χ3n) is 6.04. The number of aryl methyl sites for hydroxylation is 1. The molecule has 0 saturated carbocycles. The molecule has 0 N–H and O–H groups in total. The van der Waals surface area contributed by atoms with Crippen LogP contribution in [0.5, 0.6) is 5.75 Å². The maximum Gasteiger partial charge on any atom is 0.258 e. The molecule has 0 spiro atoms. The highest BCUT2D eigenvalue weighted by atomic mass is 16.5. The van der Waals surface area contributed by atoms with Gasteiger partial charge in [0.1, 0.15) is 5.75 Å². The van der Waals surface area contributed by atoms with Gasteiger partial charge in [0.05, 0.1) is 7.11 Å². The minimum Gasteiger partial charge on any atom is -0.497 e. The van der Waals surface area contributed by atoms with Crippen molar-refractivity contribution in [2.75, 3.05) is 25.1 Å². The van der Waals surface area contributed by atoms with Gasteiger partial charge >= 0.3 is 0 Å². The van der Waals surface area contributed by atoms with E-state index in [4.69, 9.17) is 4.74 Å². The molecule has 1 aliphatic rings. The van der Waals surface area contributed by atoms with E-state index in [1.807, 2.05) is 47.4 Å². The van der Waals surface area contributed by atoms with Crippen molar-refractivity contribution in [3.05, 3.63) is 95.6 Å². The zero-order valence-electron chi connectivity index (χ0n) is 18.3. The lowest BCUT2D eigenvalue weighted by Crippen LogP contribution is -2.47. The van der Waals surface area contributed by atoms with Crippen molar-refractivity contribution in [3.63, 3.8) is 0 Å². The third kappa shape index (κ3) is 5.15. The number of likely N-dealkylation sites (tertiary alicyclic amines) is 1. The smallest absolute Gasteiger partial charge is 0.258 e. The summed E-state index contributed by atoms with van der Waals surface area (Å²) < 4.78 is 5.26. The van der Waals surface area contributed by atoms with Crippen LogP contribution in [0.3, 0.4) is 0 Å². The van der Waals surface area contributed by atoms with E-state index >= 15 is 0 Å². The van der Waals surface area contributed by atoms with Gasteiger partial charge in [-0.1, -0.05) is 48.0 Å². The van der Waals surface area contributed by atoms with Crippen molar-refractivity contribution >= 4 is 11.6 Å². The summed E-state index contributed by atoms with van der Waals surface area (Å²) in [5.74, 6) is 0.966. The first-order chi connectivity index (χ1) is 15.1. The number of piperidine rings is 1. The number of ether oxygens (including phenoxy) is 1. The number of nitrogens with zero attached hydrogens (tertiary/aromatic N) is 2. The number of benzene rings is 3. The van der Waals surface area contributed by atoms with E-state index in [-0.39, 0.29) is 11.9 Å². The summed E-state index contributed by atoms with van der Waals surface area (Å²) >= 11 is 0. The number of amides is 1. The maximum absolute atomic E-state index is 13.5. The second-order valence-corrected chi connectivity index (χ2v) is 8.23. The van der Waals surface area contributed by atoms with Crippen molar-refractivity contribution in [2.24, 2.45) is 0 Å². The Hall–Kier alpha value is -3.11. The molecule has 1 heterocycles. The van der Waals surface area contributed by atoms with Crippen LogP contribution in [-0.4, -0.2) is 37.0 Å². The van der Waals surface area contributed by atoms with Gasteiger partial charge in [-0.05, 0) is 61.7 Å². The molecule has 0 bridgehead atoms. The van der Waals surface area contributed by atoms with Crippen LogP contribution in [0.25, 0.3) is 0 Å². The molecule has 31 heavy (non-hydrogen) atoms. The number of carbonyl (C=O) groups excluding carboxylic acids is 1. The normalized spacial score (nSPS) is 14.9. The monoisotopic (exact) mass is 414 g/mol. The Morgan fingerprint density at radius 3 is 2.19 bits per heavy atom. The van der Waals surface area contributed by atoms with Crippen molar-refractivity contribution in [3.8, 4) is 5.75 Å². The Morgan fingerprint density at radius 2 is 1.58 bits per heavy atom. The topological polar surface area (TPSA) is 32.8 Å². The molecule has 160 valence electrons. The van der Waals surface area contributed by atoms with Crippen LogP contribution in [0.1, 0.15) is 34.3 Å². The van der Waals surface area contributed by atoms with Crippen molar-refractivity contribution in [2.45, 2.75) is 32.4 Å². The van der Waals surface area contributed by atoms with E-state index in [1.54, 1.807) is 7.11 Å². The molecule has 4 heteroatoms. The van der Waals surface area contributed by atoms with E-state index < -0.39 is 0 Å². The van der Waals surface area contributed by atoms with Crippen molar-refractivity contribution < 1.29 is 9.53 Å². The SMILES string of the molecule is COc1ccc(CN2CCC(N(C(=O)c3ccccc3)c3ccc(C)cc3)CC2)cc1. The van der Waals surface area contributed by atoms with Gasteiger partial charge in [0, 0.05) is 36.9 Å². The number of hydrogen-bond donors (Lipinski definition) is 0. The minimum absolute atomic E-state index is 0.0815. The Balaban J connectivity index is 1.47. The predicted octanol–water partition coefficient (Wildman–Crippen LogP) is 5.32. The molecule has 4 nitrogen and oxygen atoms in total. The lowest BCUT2D eigenvalue weighted by molar-refractivity contribution is 0.0958. The van der Waals surface area contributed by atoms with Crippen LogP contribution in [0.15, 0.2) is 78.9 Å². The molecule has 1 fully saturated rings. The maximum atomic E-state index is 13.5. The summed E-state index contributed by atoms with van der Waals surface area (Å²) in [6, 6.07) is 26.4. The Labute approximate surface area is 185 Å². The summed E-state index contributed by atoms with van der Waals surface area (Å²) in [6.07, 6.45) is 1.92. The predicted molar refractivity (Wildman–Crippen MR) is 126 cm³/mol. The largest absolute Gasteiger partial charge is 0.497 e. The van der Waals surface area contributed by atoms with Crippen LogP contribution < -0.4 is 9.64 Å². The molecule has 0 aliphatic carbocycles. The summed E-state index contributed by atoms with van der Waals surface area (Å²) in [5, 5.41) is 0. The zero-order chi connectivity index (χ0) is 21.6. The van der Waals surface area contributed by atoms with Crippen LogP contribution in [0.2, 0.25) is 0 Å². The second-order valence-electron chi connectivity index (χ2n) is 8.23. The molecule has 0 radical (unpaired) electrons. The Morgan fingerprint density at radius 1 is 0.935 bits per heavy atom.